The van der Waals surface area contributed by atoms with Crippen molar-refractivity contribution in [3.8, 4) is 0 Å². The molecule has 2 heterocycles. The number of hydrogen-bond acceptors (Lipinski definition) is 5. The lowest BCUT2D eigenvalue weighted by molar-refractivity contribution is 0.180. The van der Waals surface area contributed by atoms with E-state index in [1.165, 1.54) is 18.4 Å². The number of nitrogens with one attached hydrogen (secondary N) is 1. The topological polar surface area (TPSA) is 54.2 Å². The van der Waals surface area contributed by atoms with Gasteiger partial charge in [-0.1, -0.05) is 54.6 Å². The van der Waals surface area contributed by atoms with E-state index < -0.39 is 0 Å². The van der Waals surface area contributed by atoms with Crippen molar-refractivity contribution in [2.24, 2.45) is 0 Å². The Kier molecular flexibility index (Phi) is 6.15. The zero-order valence-electron chi connectivity index (χ0n) is 14.3. The molecule has 3 rings (SSSR count). The fourth-order valence-corrected chi connectivity index (χ4v) is 3.06. The Balaban J connectivity index is 1.42. The summed E-state index contributed by atoms with van der Waals surface area (Å²) in [5, 5.41) is 7.69. The number of nitrogens with zero attached hydrogens (tertiary/aromatic N) is 3. The highest BCUT2D eigenvalue weighted by atomic mass is 16.5. The summed E-state index contributed by atoms with van der Waals surface area (Å²) in [6.45, 7) is 5.85. The van der Waals surface area contributed by atoms with Crippen LogP contribution in [0.15, 0.2) is 40.9 Å². The Morgan fingerprint density at radius 2 is 2.21 bits per heavy atom. The van der Waals surface area contributed by atoms with E-state index in [2.05, 4.69) is 56.8 Å². The molecule has 0 spiro atoms. The average Bonchev–Trinajstić information content (AvgIpc) is 3.08. The van der Waals surface area contributed by atoms with Crippen molar-refractivity contribution in [3.63, 3.8) is 0 Å². The zero-order chi connectivity index (χ0) is 16.6. The zero-order valence-corrected chi connectivity index (χ0v) is 14.3. The molecule has 1 fully saturated rings. The van der Waals surface area contributed by atoms with Gasteiger partial charge in [-0.05, 0) is 24.9 Å². The Bertz CT molecular complexity index is 638. The van der Waals surface area contributed by atoms with Gasteiger partial charge in [0.05, 0.1) is 6.54 Å². The molecule has 0 amide bonds. The summed E-state index contributed by atoms with van der Waals surface area (Å²) in [5.41, 5.74) is 1.24. The molecule has 1 N–H and O–H groups in total. The molecule has 0 aliphatic carbocycles. The number of piperidine rings is 1. The van der Waals surface area contributed by atoms with E-state index in [1.807, 2.05) is 13.0 Å². The molecule has 128 valence electrons. The van der Waals surface area contributed by atoms with E-state index in [-0.39, 0.29) is 0 Å². The molecule has 1 aliphatic rings. The van der Waals surface area contributed by atoms with Crippen molar-refractivity contribution in [3.05, 3.63) is 53.7 Å². The van der Waals surface area contributed by atoms with Gasteiger partial charge in [0.2, 0.25) is 5.89 Å². The molecular weight excluding hydrogens is 300 g/mol. The van der Waals surface area contributed by atoms with Crippen molar-refractivity contribution in [2.45, 2.75) is 38.8 Å². The molecule has 1 saturated heterocycles. The highest BCUT2D eigenvalue weighted by Gasteiger charge is 2.20. The van der Waals surface area contributed by atoms with Crippen LogP contribution < -0.4 is 5.32 Å². The maximum absolute atomic E-state index is 5.19. The van der Waals surface area contributed by atoms with E-state index in [4.69, 9.17) is 4.52 Å². The summed E-state index contributed by atoms with van der Waals surface area (Å²) in [4.78, 5) is 6.81. The number of aromatic nitrogens is 2. The largest absolute Gasteiger partial charge is 0.339 e. The van der Waals surface area contributed by atoms with E-state index >= 15 is 0 Å². The third kappa shape index (κ3) is 5.01. The molecule has 0 bridgehead atoms. The van der Waals surface area contributed by atoms with Crippen molar-refractivity contribution in [1.82, 2.24) is 20.4 Å². The molecule has 1 aromatic heterocycles. The lowest BCUT2D eigenvalue weighted by Crippen LogP contribution is -2.45. The van der Waals surface area contributed by atoms with Gasteiger partial charge in [-0.15, -0.1) is 0 Å². The quantitative estimate of drug-likeness (QED) is 0.848. The smallest absolute Gasteiger partial charge is 0.226 e. The second-order valence-electron chi connectivity index (χ2n) is 6.25. The van der Waals surface area contributed by atoms with Gasteiger partial charge in [0.1, 0.15) is 0 Å². The third-order valence-electron chi connectivity index (χ3n) is 4.32. The summed E-state index contributed by atoms with van der Waals surface area (Å²) in [6, 6.07) is 10.9. The molecular formula is C19H26N4O. The van der Waals surface area contributed by atoms with E-state index in [9.17, 15) is 0 Å². The third-order valence-corrected chi connectivity index (χ3v) is 4.32. The molecule has 0 radical (unpaired) electrons. The summed E-state index contributed by atoms with van der Waals surface area (Å²) in [5.74, 6) is 1.53. The minimum absolute atomic E-state index is 0.525. The predicted molar refractivity (Wildman–Crippen MR) is 95.5 cm³/mol. The Labute approximate surface area is 143 Å². The first kappa shape index (κ1) is 16.9. The first-order chi connectivity index (χ1) is 11.8. The van der Waals surface area contributed by atoms with Crippen LogP contribution in [0.2, 0.25) is 0 Å². The van der Waals surface area contributed by atoms with E-state index in [0.29, 0.717) is 6.04 Å². The molecule has 2 aromatic rings. The molecule has 0 saturated carbocycles. The van der Waals surface area contributed by atoms with Crippen molar-refractivity contribution < 1.29 is 4.52 Å². The van der Waals surface area contributed by atoms with Gasteiger partial charge in [-0.3, -0.25) is 4.90 Å². The Hall–Kier alpha value is -1.98. The van der Waals surface area contributed by atoms with Gasteiger partial charge >= 0.3 is 0 Å². The molecule has 5 nitrogen and oxygen atoms in total. The number of aryl methyl sites for hydroxylation is 1. The fourth-order valence-electron chi connectivity index (χ4n) is 3.06. The van der Waals surface area contributed by atoms with Gasteiger partial charge in [-0.2, -0.15) is 4.98 Å². The van der Waals surface area contributed by atoms with E-state index in [1.54, 1.807) is 0 Å². The fraction of sp³-hybridized carbons (Fsp3) is 0.474. The molecule has 1 atom stereocenters. The maximum atomic E-state index is 5.19. The van der Waals surface area contributed by atoms with E-state index in [0.717, 1.165) is 44.3 Å². The van der Waals surface area contributed by atoms with Crippen LogP contribution in [0, 0.1) is 0 Å². The summed E-state index contributed by atoms with van der Waals surface area (Å²) >= 11 is 0. The maximum Gasteiger partial charge on any atom is 0.226 e. The molecule has 1 aliphatic heterocycles. The van der Waals surface area contributed by atoms with Crippen molar-refractivity contribution in [1.29, 1.82) is 0 Å². The van der Waals surface area contributed by atoms with Crippen LogP contribution in [0.5, 0.6) is 0 Å². The Morgan fingerprint density at radius 3 is 3.00 bits per heavy atom. The SMILES string of the molecule is CCc1nc(CN2CCCC(NCC=Cc3ccccc3)C2)no1. The lowest BCUT2D eigenvalue weighted by atomic mass is 10.1. The van der Waals surface area contributed by atoms with Crippen LogP contribution in [-0.4, -0.2) is 40.7 Å². The van der Waals surface area contributed by atoms with Gasteiger partial charge in [0.25, 0.3) is 0 Å². The molecule has 24 heavy (non-hydrogen) atoms. The predicted octanol–water partition coefficient (Wildman–Crippen LogP) is 2.90. The van der Waals surface area contributed by atoms with Crippen molar-refractivity contribution in [2.75, 3.05) is 19.6 Å². The monoisotopic (exact) mass is 326 g/mol. The number of hydrogen-bond donors (Lipinski definition) is 1. The van der Waals surface area contributed by atoms with Crippen LogP contribution in [0.3, 0.4) is 0 Å². The van der Waals surface area contributed by atoms with Gasteiger partial charge in [-0.25, -0.2) is 0 Å². The standard InChI is InChI=1S/C19H26N4O/c1-2-19-21-18(22-24-19)15-23-13-7-11-17(14-23)20-12-6-10-16-8-4-3-5-9-16/h3-6,8-10,17,20H,2,7,11-15H2,1H3. The molecule has 1 unspecified atom stereocenters. The first-order valence-corrected chi connectivity index (χ1v) is 8.82. The van der Waals surface area contributed by atoms with Gasteiger partial charge in [0, 0.05) is 25.6 Å². The minimum Gasteiger partial charge on any atom is -0.339 e. The first-order valence-electron chi connectivity index (χ1n) is 8.82. The second-order valence-corrected chi connectivity index (χ2v) is 6.25. The van der Waals surface area contributed by atoms with Crippen LogP contribution in [-0.2, 0) is 13.0 Å². The highest BCUT2D eigenvalue weighted by Crippen LogP contribution is 2.13. The summed E-state index contributed by atoms with van der Waals surface area (Å²) in [7, 11) is 0. The molecule has 5 heteroatoms. The van der Waals surface area contributed by atoms with Gasteiger partial charge in [0.15, 0.2) is 5.82 Å². The highest BCUT2D eigenvalue weighted by molar-refractivity contribution is 5.48. The van der Waals surface area contributed by atoms with Crippen LogP contribution in [0.1, 0.15) is 37.0 Å². The Morgan fingerprint density at radius 1 is 1.33 bits per heavy atom. The minimum atomic E-state index is 0.525. The second kappa shape index (κ2) is 8.76. The normalized spacial score (nSPS) is 19.1. The van der Waals surface area contributed by atoms with Crippen LogP contribution in [0.4, 0.5) is 0 Å². The lowest BCUT2D eigenvalue weighted by Gasteiger charge is -2.32. The summed E-state index contributed by atoms with van der Waals surface area (Å²) in [6.07, 6.45) is 7.59. The van der Waals surface area contributed by atoms with Gasteiger partial charge < -0.3 is 9.84 Å². The number of benzene rings is 1. The number of rotatable bonds is 7. The van der Waals surface area contributed by atoms with Crippen molar-refractivity contribution >= 4 is 6.08 Å². The number of likely N-dealkylation sites (tertiary alicyclic amines) is 1. The van der Waals surface area contributed by atoms with Crippen LogP contribution in [0.25, 0.3) is 6.08 Å². The average molecular weight is 326 g/mol. The summed E-state index contributed by atoms with van der Waals surface area (Å²) < 4.78 is 5.19. The van der Waals surface area contributed by atoms with Crippen LogP contribution >= 0.6 is 0 Å². The molecule has 1 aromatic carbocycles.